The molecule has 2 N–H and O–H groups in total. The number of benzene rings is 1. The van der Waals surface area contributed by atoms with Crippen molar-refractivity contribution in [3.63, 3.8) is 0 Å². The molecule has 1 amide bonds. The van der Waals surface area contributed by atoms with Crippen LogP contribution in [0.2, 0.25) is 5.02 Å². The highest BCUT2D eigenvalue weighted by molar-refractivity contribution is 7.98. The summed E-state index contributed by atoms with van der Waals surface area (Å²) in [5, 5.41) is 6.51. The predicted octanol–water partition coefficient (Wildman–Crippen LogP) is 3.00. The van der Waals surface area contributed by atoms with Gasteiger partial charge in [0.1, 0.15) is 0 Å². The lowest BCUT2D eigenvalue weighted by molar-refractivity contribution is -0.116. The van der Waals surface area contributed by atoms with Crippen LogP contribution >= 0.6 is 23.4 Å². The molecule has 1 rings (SSSR count). The highest BCUT2D eigenvalue weighted by Crippen LogP contribution is 2.27. The summed E-state index contributed by atoms with van der Waals surface area (Å²) in [5.41, 5.74) is 0.752. The Morgan fingerprint density at radius 2 is 2.24 bits per heavy atom. The summed E-state index contributed by atoms with van der Waals surface area (Å²) in [6.45, 7) is 0.847. The van der Waals surface area contributed by atoms with Gasteiger partial charge in [-0.15, -0.1) is 11.8 Å². The van der Waals surface area contributed by atoms with Crippen molar-refractivity contribution in [3.05, 3.63) is 23.2 Å². The summed E-state index contributed by atoms with van der Waals surface area (Å²) in [6, 6.07) is 5.56. The molecule has 0 atom stereocenters. The molecule has 5 heteroatoms. The molecule has 1 aromatic rings. The van der Waals surface area contributed by atoms with Crippen LogP contribution in [0.25, 0.3) is 0 Å². The average molecular weight is 273 g/mol. The Hall–Kier alpha value is -0.710. The molecule has 0 aliphatic heterocycles. The van der Waals surface area contributed by atoms with Gasteiger partial charge in [-0.1, -0.05) is 11.6 Å². The molecule has 0 saturated carbocycles. The topological polar surface area (TPSA) is 41.1 Å². The van der Waals surface area contributed by atoms with Crippen LogP contribution in [0.5, 0.6) is 0 Å². The second-order valence-electron chi connectivity index (χ2n) is 3.60. The van der Waals surface area contributed by atoms with Crippen molar-refractivity contribution in [2.24, 2.45) is 0 Å². The van der Waals surface area contributed by atoms with Gasteiger partial charge in [0.05, 0.1) is 5.02 Å². The number of carbonyl (C=O) groups is 1. The molecule has 0 aliphatic carbocycles. The van der Waals surface area contributed by atoms with Crippen LogP contribution in [-0.4, -0.2) is 25.8 Å². The molecule has 94 valence electrons. The molecule has 0 heterocycles. The third kappa shape index (κ3) is 4.98. The maximum Gasteiger partial charge on any atom is 0.224 e. The van der Waals surface area contributed by atoms with Crippen LogP contribution in [0.4, 0.5) is 5.69 Å². The molecular formula is C12H17ClN2OS. The van der Waals surface area contributed by atoms with Gasteiger partial charge in [0.15, 0.2) is 0 Å². The Labute approximate surface area is 111 Å². The molecule has 0 saturated heterocycles. The van der Waals surface area contributed by atoms with Crippen molar-refractivity contribution in [2.75, 3.05) is 25.2 Å². The van der Waals surface area contributed by atoms with Gasteiger partial charge >= 0.3 is 0 Å². The first-order valence-electron chi connectivity index (χ1n) is 5.45. The number of hydrogen-bond acceptors (Lipinski definition) is 3. The van der Waals surface area contributed by atoms with Crippen molar-refractivity contribution in [3.8, 4) is 0 Å². The number of rotatable bonds is 6. The van der Waals surface area contributed by atoms with Crippen LogP contribution in [0.3, 0.4) is 0 Å². The first-order chi connectivity index (χ1) is 8.17. The minimum atomic E-state index is 0.0215. The van der Waals surface area contributed by atoms with Crippen LogP contribution in [0.15, 0.2) is 23.1 Å². The van der Waals surface area contributed by atoms with Crippen molar-refractivity contribution in [1.82, 2.24) is 5.32 Å². The van der Waals surface area contributed by atoms with Gasteiger partial charge in [-0.05, 0) is 44.5 Å². The number of anilines is 1. The van der Waals surface area contributed by atoms with Crippen LogP contribution in [0.1, 0.15) is 12.8 Å². The van der Waals surface area contributed by atoms with Gasteiger partial charge in [0, 0.05) is 17.0 Å². The third-order valence-corrected chi connectivity index (χ3v) is 3.49. The number of halogens is 1. The maximum absolute atomic E-state index is 11.6. The zero-order chi connectivity index (χ0) is 12.7. The zero-order valence-corrected chi connectivity index (χ0v) is 11.6. The minimum absolute atomic E-state index is 0.0215. The van der Waals surface area contributed by atoms with Crippen molar-refractivity contribution in [2.45, 2.75) is 17.7 Å². The normalized spacial score (nSPS) is 10.3. The lowest BCUT2D eigenvalue weighted by atomic mass is 10.2. The largest absolute Gasteiger partial charge is 0.326 e. The fourth-order valence-corrected chi connectivity index (χ4v) is 2.26. The van der Waals surface area contributed by atoms with Gasteiger partial charge in [-0.25, -0.2) is 0 Å². The Kier molecular flexibility index (Phi) is 6.40. The lowest BCUT2D eigenvalue weighted by Gasteiger charge is -2.07. The minimum Gasteiger partial charge on any atom is -0.326 e. The monoisotopic (exact) mass is 272 g/mol. The molecule has 0 radical (unpaired) electrons. The van der Waals surface area contributed by atoms with E-state index in [-0.39, 0.29) is 5.91 Å². The van der Waals surface area contributed by atoms with E-state index in [1.807, 2.05) is 25.4 Å². The van der Waals surface area contributed by atoms with E-state index in [1.54, 1.807) is 17.8 Å². The SMILES string of the molecule is CNCCCC(=O)Nc1ccc(SC)c(Cl)c1. The summed E-state index contributed by atoms with van der Waals surface area (Å²) in [7, 11) is 1.87. The van der Waals surface area contributed by atoms with Gasteiger partial charge in [-0.2, -0.15) is 0 Å². The summed E-state index contributed by atoms with van der Waals surface area (Å²) in [5.74, 6) is 0.0215. The highest BCUT2D eigenvalue weighted by atomic mass is 35.5. The second kappa shape index (κ2) is 7.58. The van der Waals surface area contributed by atoms with Crippen LogP contribution in [0, 0.1) is 0 Å². The standard InChI is InChI=1S/C12H17ClN2OS/c1-14-7-3-4-12(16)15-9-5-6-11(17-2)10(13)8-9/h5-6,8,14H,3-4,7H2,1-2H3,(H,15,16). The molecular weight excluding hydrogens is 256 g/mol. The quantitative estimate of drug-likeness (QED) is 0.618. The van der Waals surface area contributed by atoms with Gasteiger partial charge in [-0.3, -0.25) is 4.79 Å². The zero-order valence-electron chi connectivity index (χ0n) is 10.0. The summed E-state index contributed by atoms with van der Waals surface area (Å²) in [4.78, 5) is 12.6. The molecule has 0 aliphatic rings. The lowest BCUT2D eigenvalue weighted by Crippen LogP contribution is -2.15. The first-order valence-corrected chi connectivity index (χ1v) is 7.05. The Morgan fingerprint density at radius 1 is 1.47 bits per heavy atom. The Morgan fingerprint density at radius 3 is 2.82 bits per heavy atom. The first kappa shape index (κ1) is 14.4. The molecule has 0 spiro atoms. The summed E-state index contributed by atoms with van der Waals surface area (Å²) in [6.07, 6.45) is 3.32. The third-order valence-electron chi connectivity index (χ3n) is 2.27. The van der Waals surface area contributed by atoms with E-state index in [0.717, 1.165) is 23.5 Å². The van der Waals surface area contributed by atoms with Gasteiger partial charge in [0.25, 0.3) is 0 Å². The number of nitrogens with one attached hydrogen (secondary N) is 2. The predicted molar refractivity (Wildman–Crippen MR) is 75.0 cm³/mol. The summed E-state index contributed by atoms with van der Waals surface area (Å²) >= 11 is 7.64. The number of hydrogen-bond donors (Lipinski definition) is 2. The van der Waals surface area contributed by atoms with E-state index < -0.39 is 0 Å². The van der Waals surface area contributed by atoms with Gasteiger partial charge in [0.2, 0.25) is 5.91 Å². The molecule has 17 heavy (non-hydrogen) atoms. The number of thioether (sulfide) groups is 1. The highest BCUT2D eigenvalue weighted by Gasteiger charge is 2.04. The molecule has 0 bridgehead atoms. The maximum atomic E-state index is 11.6. The van der Waals surface area contributed by atoms with Crippen LogP contribution < -0.4 is 10.6 Å². The van der Waals surface area contributed by atoms with Gasteiger partial charge < -0.3 is 10.6 Å². The van der Waals surface area contributed by atoms with E-state index in [0.29, 0.717) is 11.4 Å². The smallest absolute Gasteiger partial charge is 0.224 e. The molecule has 0 aromatic heterocycles. The van der Waals surface area contributed by atoms with E-state index >= 15 is 0 Å². The molecule has 0 fully saturated rings. The summed E-state index contributed by atoms with van der Waals surface area (Å²) < 4.78 is 0. The fraction of sp³-hybridized carbons (Fsp3) is 0.417. The van der Waals surface area contributed by atoms with E-state index in [4.69, 9.17) is 11.6 Å². The molecule has 1 aromatic carbocycles. The van der Waals surface area contributed by atoms with Crippen molar-refractivity contribution < 1.29 is 4.79 Å². The number of carbonyl (C=O) groups excluding carboxylic acids is 1. The fourth-order valence-electron chi connectivity index (χ4n) is 1.39. The van der Waals surface area contributed by atoms with Crippen molar-refractivity contribution >= 4 is 35.0 Å². The second-order valence-corrected chi connectivity index (χ2v) is 4.86. The average Bonchev–Trinajstić information content (AvgIpc) is 2.29. The number of amides is 1. The van der Waals surface area contributed by atoms with E-state index in [1.165, 1.54) is 0 Å². The van der Waals surface area contributed by atoms with E-state index in [9.17, 15) is 4.79 Å². The molecule has 3 nitrogen and oxygen atoms in total. The van der Waals surface area contributed by atoms with E-state index in [2.05, 4.69) is 10.6 Å². The Bertz CT molecular complexity index is 385. The van der Waals surface area contributed by atoms with Crippen molar-refractivity contribution in [1.29, 1.82) is 0 Å². The molecule has 0 unspecified atom stereocenters. The van der Waals surface area contributed by atoms with Crippen LogP contribution in [-0.2, 0) is 4.79 Å². The Balaban J connectivity index is 2.51.